The van der Waals surface area contributed by atoms with Crippen LogP contribution in [0.25, 0.3) is 0 Å². The second kappa shape index (κ2) is 6.18. The maximum absolute atomic E-state index is 12.2. The van der Waals surface area contributed by atoms with E-state index in [1.54, 1.807) is 4.90 Å². The second-order valence-electron chi connectivity index (χ2n) is 5.21. The largest absolute Gasteiger partial charge is 0.342 e. The summed E-state index contributed by atoms with van der Waals surface area (Å²) in [5.41, 5.74) is 5.71. The molecule has 2 aliphatic heterocycles. The fraction of sp³-hybridized carbons (Fsp3) is 0.846. The van der Waals surface area contributed by atoms with Gasteiger partial charge in [0.25, 0.3) is 0 Å². The highest BCUT2D eigenvalue weighted by molar-refractivity contribution is 5.80. The molecule has 5 nitrogen and oxygen atoms in total. The first kappa shape index (κ1) is 13.3. The van der Waals surface area contributed by atoms with Crippen molar-refractivity contribution in [1.29, 1.82) is 0 Å². The number of hydrogen-bond donors (Lipinski definition) is 1. The zero-order valence-electron chi connectivity index (χ0n) is 10.9. The van der Waals surface area contributed by atoms with E-state index in [1.807, 2.05) is 4.90 Å². The highest BCUT2D eigenvalue weighted by Gasteiger charge is 2.27. The average Bonchev–Trinajstić information content (AvgIpc) is 2.81. The Kier molecular flexibility index (Phi) is 4.58. The molecule has 0 saturated carbocycles. The van der Waals surface area contributed by atoms with Crippen molar-refractivity contribution in [1.82, 2.24) is 9.80 Å². The minimum absolute atomic E-state index is 0.157. The van der Waals surface area contributed by atoms with Crippen molar-refractivity contribution in [2.75, 3.05) is 26.2 Å². The quantitative estimate of drug-likeness (QED) is 0.785. The molecule has 1 unspecified atom stereocenters. The van der Waals surface area contributed by atoms with E-state index in [1.165, 1.54) is 0 Å². The Hall–Kier alpha value is -1.10. The number of nitrogens with two attached hydrogens (primary N) is 1. The third-order valence-electron chi connectivity index (χ3n) is 3.99. The Balaban J connectivity index is 1.81. The van der Waals surface area contributed by atoms with Gasteiger partial charge in [0.2, 0.25) is 11.8 Å². The molecule has 0 aliphatic carbocycles. The van der Waals surface area contributed by atoms with E-state index in [-0.39, 0.29) is 17.9 Å². The minimum Gasteiger partial charge on any atom is -0.342 e. The van der Waals surface area contributed by atoms with Crippen LogP contribution < -0.4 is 5.73 Å². The van der Waals surface area contributed by atoms with Crippen molar-refractivity contribution in [3.05, 3.63) is 0 Å². The number of piperidine rings is 1. The fourth-order valence-electron chi connectivity index (χ4n) is 2.89. The van der Waals surface area contributed by atoms with Crippen molar-refractivity contribution in [2.45, 2.75) is 44.6 Å². The van der Waals surface area contributed by atoms with Crippen LogP contribution in [0.1, 0.15) is 38.5 Å². The predicted octanol–water partition coefficient (Wildman–Crippen LogP) is 0.339. The molecular weight excluding hydrogens is 230 g/mol. The minimum atomic E-state index is 0.157. The summed E-state index contributed by atoms with van der Waals surface area (Å²) in [5, 5.41) is 0. The summed E-state index contributed by atoms with van der Waals surface area (Å²) in [4.78, 5) is 27.4. The molecule has 1 atom stereocenters. The van der Waals surface area contributed by atoms with Crippen LogP contribution in [-0.2, 0) is 9.59 Å². The maximum Gasteiger partial charge on any atom is 0.224 e. The van der Waals surface area contributed by atoms with Crippen molar-refractivity contribution in [3.63, 3.8) is 0 Å². The van der Waals surface area contributed by atoms with Gasteiger partial charge >= 0.3 is 0 Å². The molecule has 0 aromatic carbocycles. The molecule has 0 aromatic heterocycles. The first-order chi connectivity index (χ1) is 8.72. The highest BCUT2D eigenvalue weighted by Crippen LogP contribution is 2.18. The first-order valence-electron chi connectivity index (χ1n) is 6.99. The maximum atomic E-state index is 12.2. The van der Waals surface area contributed by atoms with Gasteiger partial charge in [-0.15, -0.1) is 0 Å². The van der Waals surface area contributed by atoms with E-state index in [4.69, 9.17) is 5.73 Å². The van der Waals surface area contributed by atoms with Crippen LogP contribution in [0.3, 0.4) is 0 Å². The van der Waals surface area contributed by atoms with Gasteiger partial charge in [0.15, 0.2) is 0 Å². The normalized spacial score (nSPS) is 24.7. The summed E-state index contributed by atoms with van der Waals surface area (Å²) >= 11 is 0. The number of carbonyl (C=O) groups excluding carboxylic acids is 2. The van der Waals surface area contributed by atoms with E-state index in [0.29, 0.717) is 25.9 Å². The Morgan fingerprint density at radius 2 is 2.11 bits per heavy atom. The van der Waals surface area contributed by atoms with E-state index < -0.39 is 0 Å². The lowest BCUT2D eigenvalue weighted by molar-refractivity contribution is -0.135. The SMILES string of the molecule is NCC1CCCCN1C(=O)CCN1CCCC1=O. The van der Waals surface area contributed by atoms with Gasteiger partial charge in [-0.3, -0.25) is 9.59 Å². The van der Waals surface area contributed by atoms with Crippen molar-refractivity contribution < 1.29 is 9.59 Å². The molecule has 102 valence electrons. The van der Waals surface area contributed by atoms with Crippen molar-refractivity contribution in [3.8, 4) is 0 Å². The third kappa shape index (κ3) is 3.02. The molecule has 2 heterocycles. The number of rotatable bonds is 4. The van der Waals surface area contributed by atoms with Crippen LogP contribution in [0.5, 0.6) is 0 Å². The van der Waals surface area contributed by atoms with Crippen molar-refractivity contribution >= 4 is 11.8 Å². The fourth-order valence-corrected chi connectivity index (χ4v) is 2.89. The standard InChI is InChI=1S/C13H23N3O2/c14-10-11-4-1-2-8-16(11)13(18)6-9-15-7-3-5-12(15)17/h11H,1-10,14H2. The molecule has 0 spiro atoms. The van der Waals surface area contributed by atoms with Gasteiger partial charge in [0, 0.05) is 45.1 Å². The Morgan fingerprint density at radius 1 is 1.28 bits per heavy atom. The van der Waals surface area contributed by atoms with Crippen LogP contribution in [0.15, 0.2) is 0 Å². The van der Waals surface area contributed by atoms with E-state index in [2.05, 4.69) is 0 Å². The molecule has 2 fully saturated rings. The summed E-state index contributed by atoms with van der Waals surface area (Å²) in [7, 11) is 0. The lowest BCUT2D eigenvalue weighted by Gasteiger charge is -2.35. The number of hydrogen-bond acceptors (Lipinski definition) is 3. The monoisotopic (exact) mass is 253 g/mol. The zero-order valence-corrected chi connectivity index (χ0v) is 10.9. The summed E-state index contributed by atoms with van der Waals surface area (Å²) in [6.45, 7) is 2.76. The molecule has 0 aromatic rings. The summed E-state index contributed by atoms with van der Waals surface area (Å²) < 4.78 is 0. The molecule has 2 aliphatic rings. The van der Waals surface area contributed by atoms with Crippen LogP contribution >= 0.6 is 0 Å². The van der Waals surface area contributed by atoms with Crippen LogP contribution in [-0.4, -0.2) is 53.8 Å². The first-order valence-corrected chi connectivity index (χ1v) is 6.99. The van der Waals surface area contributed by atoms with Crippen LogP contribution in [0.4, 0.5) is 0 Å². The van der Waals surface area contributed by atoms with Gasteiger partial charge in [-0.2, -0.15) is 0 Å². The zero-order chi connectivity index (χ0) is 13.0. The predicted molar refractivity (Wildman–Crippen MR) is 68.8 cm³/mol. The van der Waals surface area contributed by atoms with Gasteiger partial charge in [0.1, 0.15) is 0 Å². The average molecular weight is 253 g/mol. The van der Waals surface area contributed by atoms with Gasteiger partial charge in [-0.05, 0) is 25.7 Å². The number of carbonyl (C=O) groups is 2. The smallest absolute Gasteiger partial charge is 0.224 e. The second-order valence-corrected chi connectivity index (χ2v) is 5.21. The number of nitrogens with zero attached hydrogens (tertiary/aromatic N) is 2. The Labute approximate surface area is 108 Å². The lowest BCUT2D eigenvalue weighted by Crippen LogP contribution is -2.48. The molecular formula is C13H23N3O2. The van der Waals surface area contributed by atoms with Gasteiger partial charge < -0.3 is 15.5 Å². The van der Waals surface area contributed by atoms with Crippen LogP contribution in [0.2, 0.25) is 0 Å². The summed E-state index contributed by atoms with van der Waals surface area (Å²) in [5.74, 6) is 0.349. The van der Waals surface area contributed by atoms with Gasteiger partial charge in [-0.1, -0.05) is 0 Å². The topological polar surface area (TPSA) is 66.6 Å². The van der Waals surface area contributed by atoms with E-state index in [9.17, 15) is 9.59 Å². The third-order valence-corrected chi connectivity index (χ3v) is 3.99. The highest BCUT2D eigenvalue weighted by atomic mass is 16.2. The van der Waals surface area contributed by atoms with Crippen LogP contribution in [0, 0.1) is 0 Å². The molecule has 2 rings (SSSR count). The van der Waals surface area contributed by atoms with Gasteiger partial charge in [0.05, 0.1) is 0 Å². The molecule has 2 amide bonds. The molecule has 0 bridgehead atoms. The molecule has 2 N–H and O–H groups in total. The molecule has 0 radical (unpaired) electrons. The summed E-state index contributed by atoms with van der Waals surface area (Å²) in [6.07, 6.45) is 5.28. The van der Waals surface area contributed by atoms with Crippen molar-refractivity contribution in [2.24, 2.45) is 5.73 Å². The van der Waals surface area contributed by atoms with E-state index >= 15 is 0 Å². The van der Waals surface area contributed by atoms with Gasteiger partial charge in [-0.25, -0.2) is 0 Å². The number of likely N-dealkylation sites (tertiary alicyclic amines) is 2. The molecule has 5 heteroatoms. The summed E-state index contributed by atoms with van der Waals surface area (Å²) in [6, 6.07) is 0.209. The van der Waals surface area contributed by atoms with E-state index in [0.717, 1.165) is 38.8 Å². The Morgan fingerprint density at radius 3 is 2.78 bits per heavy atom. The molecule has 2 saturated heterocycles. The number of amides is 2. The Bertz CT molecular complexity index is 319. The lowest BCUT2D eigenvalue weighted by atomic mass is 10.0. The molecule has 18 heavy (non-hydrogen) atoms.